The zero-order valence-corrected chi connectivity index (χ0v) is 12.2. The lowest BCUT2D eigenvalue weighted by Gasteiger charge is -2.40. The van der Waals surface area contributed by atoms with Crippen molar-refractivity contribution in [3.8, 4) is 0 Å². The molecule has 1 aromatic heterocycles. The van der Waals surface area contributed by atoms with Crippen LogP contribution in [0.3, 0.4) is 0 Å². The normalized spacial score (nSPS) is 16.7. The van der Waals surface area contributed by atoms with Crippen molar-refractivity contribution in [3.05, 3.63) is 34.0 Å². The molecule has 1 heterocycles. The van der Waals surface area contributed by atoms with Crippen LogP contribution in [0.4, 0.5) is 13.2 Å². The molecule has 8 heteroatoms. The van der Waals surface area contributed by atoms with E-state index in [0.717, 1.165) is 12.5 Å². The van der Waals surface area contributed by atoms with Gasteiger partial charge in [-0.3, -0.25) is 4.79 Å². The average molecular weight is 334 g/mol. The van der Waals surface area contributed by atoms with Gasteiger partial charge in [0.15, 0.2) is 0 Å². The lowest BCUT2D eigenvalue weighted by molar-refractivity contribution is -0.167. The molecular formula is C14H13F3O4S. The van der Waals surface area contributed by atoms with Gasteiger partial charge < -0.3 is 9.84 Å². The Hall–Kier alpha value is -1.83. The van der Waals surface area contributed by atoms with Crippen molar-refractivity contribution in [3.63, 3.8) is 0 Å². The predicted molar refractivity (Wildman–Crippen MR) is 72.3 cm³/mol. The summed E-state index contributed by atoms with van der Waals surface area (Å²) in [5.74, 6) is -2.11. The number of aliphatic carboxylic acids is 1. The van der Waals surface area contributed by atoms with E-state index in [0.29, 0.717) is 29.1 Å². The van der Waals surface area contributed by atoms with Gasteiger partial charge >= 0.3 is 18.1 Å². The highest BCUT2D eigenvalue weighted by molar-refractivity contribution is 7.12. The Balaban J connectivity index is 2.16. The molecule has 4 nitrogen and oxygen atoms in total. The molecular weight excluding hydrogens is 321 g/mol. The van der Waals surface area contributed by atoms with E-state index in [2.05, 4.69) is 6.58 Å². The second-order valence-electron chi connectivity index (χ2n) is 5.07. The van der Waals surface area contributed by atoms with E-state index in [1.165, 1.54) is 6.07 Å². The molecule has 1 aliphatic carbocycles. The summed E-state index contributed by atoms with van der Waals surface area (Å²) < 4.78 is 43.3. The second kappa shape index (κ2) is 5.75. The number of rotatable bonds is 5. The van der Waals surface area contributed by atoms with E-state index >= 15 is 0 Å². The number of carbonyl (C=O) groups excluding carboxylic acids is 1. The number of hydrogen-bond acceptors (Lipinski definition) is 4. The molecule has 1 aromatic rings. The summed E-state index contributed by atoms with van der Waals surface area (Å²) in [5.41, 5.74) is -1.32. The summed E-state index contributed by atoms with van der Waals surface area (Å²) in [5, 5.41) is 8.62. The van der Waals surface area contributed by atoms with Crippen LogP contribution >= 0.6 is 11.3 Å². The van der Waals surface area contributed by atoms with E-state index in [9.17, 15) is 22.8 Å². The minimum absolute atomic E-state index is 0.230. The van der Waals surface area contributed by atoms with E-state index in [1.54, 1.807) is 0 Å². The highest BCUT2D eigenvalue weighted by Crippen LogP contribution is 2.49. The molecule has 1 saturated carbocycles. The van der Waals surface area contributed by atoms with Gasteiger partial charge in [-0.15, -0.1) is 11.3 Å². The summed E-state index contributed by atoms with van der Waals surface area (Å²) in [6, 6.07) is 2.26. The largest absolute Gasteiger partial charge is 0.481 e. The molecule has 22 heavy (non-hydrogen) atoms. The number of carboxylic acid groups (broad SMARTS) is 1. The van der Waals surface area contributed by atoms with Crippen molar-refractivity contribution in [2.24, 2.45) is 0 Å². The van der Waals surface area contributed by atoms with Gasteiger partial charge in [0.2, 0.25) is 0 Å². The minimum Gasteiger partial charge on any atom is -0.481 e. The first-order chi connectivity index (χ1) is 10.1. The minimum atomic E-state index is -4.44. The smallest absolute Gasteiger partial charge is 0.425 e. The second-order valence-corrected chi connectivity index (χ2v) is 6.16. The summed E-state index contributed by atoms with van der Waals surface area (Å²) in [4.78, 5) is 22.0. The molecule has 120 valence electrons. The number of thiophene rings is 1. The van der Waals surface area contributed by atoms with E-state index in [1.807, 2.05) is 0 Å². The fourth-order valence-electron chi connectivity index (χ4n) is 2.14. The van der Waals surface area contributed by atoms with Gasteiger partial charge in [0.1, 0.15) is 10.5 Å². The Bertz CT molecular complexity index is 614. The molecule has 1 fully saturated rings. The van der Waals surface area contributed by atoms with Gasteiger partial charge in [-0.05, 0) is 31.4 Å². The molecule has 0 bridgehead atoms. The lowest BCUT2D eigenvalue weighted by Crippen LogP contribution is -2.38. The fraction of sp³-hybridized carbons (Fsp3) is 0.429. The first-order valence-corrected chi connectivity index (χ1v) is 7.26. The Morgan fingerprint density at radius 1 is 1.36 bits per heavy atom. The molecule has 2 rings (SSSR count). The van der Waals surface area contributed by atoms with Gasteiger partial charge in [-0.2, -0.15) is 13.2 Å². The SMILES string of the molecule is C=C(CC(=O)O)C(=O)OC1(c2ccc(C(F)(F)F)s2)CCC1. The van der Waals surface area contributed by atoms with Crippen molar-refractivity contribution in [2.75, 3.05) is 0 Å². The summed E-state index contributed by atoms with van der Waals surface area (Å²) in [6.07, 6.45) is -3.45. The molecule has 1 aliphatic rings. The molecule has 0 saturated heterocycles. The molecule has 1 N–H and O–H groups in total. The van der Waals surface area contributed by atoms with Crippen LogP contribution in [0.2, 0.25) is 0 Å². The Labute approximate surface area is 128 Å². The number of carboxylic acids is 1. The van der Waals surface area contributed by atoms with Crippen LogP contribution in [-0.2, 0) is 26.1 Å². The summed E-state index contributed by atoms with van der Waals surface area (Å²) in [7, 11) is 0. The van der Waals surface area contributed by atoms with Crippen LogP contribution in [-0.4, -0.2) is 17.0 Å². The third kappa shape index (κ3) is 3.32. The Kier molecular flexibility index (Phi) is 4.32. The first kappa shape index (κ1) is 16.5. The fourth-order valence-corrected chi connectivity index (χ4v) is 3.19. The topological polar surface area (TPSA) is 63.6 Å². The zero-order valence-electron chi connectivity index (χ0n) is 11.4. The maximum Gasteiger partial charge on any atom is 0.425 e. The molecule has 0 amide bonds. The van der Waals surface area contributed by atoms with Crippen LogP contribution in [0.1, 0.15) is 35.4 Å². The molecule has 0 atom stereocenters. The molecule has 0 radical (unpaired) electrons. The molecule has 0 aromatic carbocycles. The van der Waals surface area contributed by atoms with Gasteiger partial charge in [0, 0.05) is 10.5 Å². The number of halogens is 3. The number of alkyl halides is 3. The molecule has 0 aliphatic heterocycles. The van der Waals surface area contributed by atoms with Gasteiger partial charge in [-0.25, -0.2) is 4.79 Å². The summed E-state index contributed by atoms with van der Waals surface area (Å²) in [6.45, 7) is 3.34. The number of esters is 1. The maximum absolute atomic E-state index is 12.7. The Morgan fingerprint density at radius 3 is 2.41 bits per heavy atom. The van der Waals surface area contributed by atoms with E-state index < -0.39 is 35.0 Å². The van der Waals surface area contributed by atoms with E-state index in [-0.39, 0.29) is 5.57 Å². The van der Waals surface area contributed by atoms with Crippen LogP contribution < -0.4 is 0 Å². The summed E-state index contributed by atoms with van der Waals surface area (Å²) >= 11 is 0.542. The highest BCUT2D eigenvalue weighted by atomic mass is 32.1. The molecule has 0 unspecified atom stereocenters. The maximum atomic E-state index is 12.7. The monoisotopic (exact) mass is 334 g/mol. The average Bonchev–Trinajstić information content (AvgIpc) is 2.81. The van der Waals surface area contributed by atoms with Crippen molar-refractivity contribution >= 4 is 23.3 Å². The van der Waals surface area contributed by atoms with Crippen molar-refractivity contribution in [2.45, 2.75) is 37.5 Å². The number of carbonyl (C=O) groups is 2. The third-order valence-electron chi connectivity index (χ3n) is 3.44. The lowest BCUT2D eigenvalue weighted by atomic mass is 9.78. The van der Waals surface area contributed by atoms with Crippen molar-refractivity contribution in [1.29, 1.82) is 0 Å². The van der Waals surface area contributed by atoms with Crippen LogP contribution in [0.25, 0.3) is 0 Å². The van der Waals surface area contributed by atoms with Gasteiger partial charge in [0.25, 0.3) is 0 Å². The van der Waals surface area contributed by atoms with E-state index in [4.69, 9.17) is 9.84 Å². The van der Waals surface area contributed by atoms with Crippen LogP contribution in [0, 0.1) is 0 Å². The van der Waals surface area contributed by atoms with Crippen molar-refractivity contribution < 1.29 is 32.6 Å². The predicted octanol–water partition coefficient (Wildman–Crippen LogP) is 3.72. The van der Waals surface area contributed by atoms with Crippen LogP contribution in [0.5, 0.6) is 0 Å². The standard InChI is InChI=1S/C14H13F3O4S/c1-8(7-11(18)19)12(20)21-13(5-2-6-13)9-3-4-10(22-9)14(15,16)17/h3-4H,1-2,5-7H2,(H,18,19). The van der Waals surface area contributed by atoms with Gasteiger partial charge in [0.05, 0.1) is 6.42 Å². The Morgan fingerprint density at radius 2 is 2.00 bits per heavy atom. The quantitative estimate of drug-likeness (QED) is 0.658. The zero-order chi connectivity index (χ0) is 16.5. The third-order valence-corrected chi connectivity index (χ3v) is 4.75. The number of hydrogen-bond donors (Lipinski definition) is 1. The van der Waals surface area contributed by atoms with Crippen molar-refractivity contribution in [1.82, 2.24) is 0 Å². The van der Waals surface area contributed by atoms with Gasteiger partial charge in [-0.1, -0.05) is 6.58 Å². The number of ether oxygens (including phenoxy) is 1. The van der Waals surface area contributed by atoms with Crippen LogP contribution in [0.15, 0.2) is 24.3 Å². The molecule has 0 spiro atoms. The highest BCUT2D eigenvalue weighted by Gasteiger charge is 2.45. The first-order valence-electron chi connectivity index (χ1n) is 6.44.